The molecule has 116 valence electrons. The van der Waals surface area contributed by atoms with Crippen LogP contribution >= 0.6 is 12.2 Å². The minimum absolute atomic E-state index is 0.0768. The van der Waals surface area contributed by atoms with Crippen LogP contribution in [0.5, 0.6) is 0 Å². The van der Waals surface area contributed by atoms with E-state index in [0.717, 1.165) is 0 Å². The van der Waals surface area contributed by atoms with Crippen LogP contribution in [-0.4, -0.2) is 37.3 Å². The van der Waals surface area contributed by atoms with Gasteiger partial charge in [0.05, 0.1) is 18.9 Å². The SMILES string of the molecule is CCOCCOCCCC(=O)Nc1ccccc1C(N)=S. The number of carbonyl (C=O) groups is 1. The number of amides is 1. The Kier molecular flexibility index (Phi) is 8.57. The lowest BCUT2D eigenvalue weighted by molar-refractivity contribution is -0.116. The zero-order chi connectivity index (χ0) is 15.5. The Morgan fingerprint density at radius 3 is 2.67 bits per heavy atom. The van der Waals surface area contributed by atoms with Crippen molar-refractivity contribution in [1.29, 1.82) is 0 Å². The highest BCUT2D eigenvalue weighted by Gasteiger charge is 2.07. The van der Waals surface area contributed by atoms with E-state index in [1.807, 2.05) is 19.1 Å². The van der Waals surface area contributed by atoms with Gasteiger partial charge in [0.1, 0.15) is 4.99 Å². The lowest BCUT2D eigenvalue weighted by Gasteiger charge is -2.10. The quantitative estimate of drug-likeness (QED) is 0.511. The van der Waals surface area contributed by atoms with E-state index in [1.54, 1.807) is 12.1 Å². The van der Waals surface area contributed by atoms with Gasteiger partial charge in [0.25, 0.3) is 0 Å². The Hall–Kier alpha value is -1.50. The molecule has 0 unspecified atom stereocenters. The van der Waals surface area contributed by atoms with Crippen LogP contribution in [0.1, 0.15) is 25.3 Å². The summed E-state index contributed by atoms with van der Waals surface area (Å²) in [5.74, 6) is -0.0768. The molecule has 0 aliphatic heterocycles. The van der Waals surface area contributed by atoms with Crippen molar-refractivity contribution in [3.05, 3.63) is 29.8 Å². The Balaban J connectivity index is 2.27. The summed E-state index contributed by atoms with van der Waals surface area (Å²) in [4.78, 5) is 12.1. The molecule has 1 aromatic carbocycles. The largest absolute Gasteiger partial charge is 0.389 e. The fraction of sp³-hybridized carbons (Fsp3) is 0.467. The zero-order valence-electron chi connectivity index (χ0n) is 12.3. The van der Waals surface area contributed by atoms with Crippen LogP contribution in [0.4, 0.5) is 5.69 Å². The van der Waals surface area contributed by atoms with E-state index in [1.165, 1.54) is 0 Å². The van der Waals surface area contributed by atoms with Gasteiger partial charge in [-0.05, 0) is 25.5 Å². The highest BCUT2D eigenvalue weighted by Crippen LogP contribution is 2.15. The molecule has 0 aliphatic carbocycles. The van der Waals surface area contributed by atoms with E-state index in [0.29, 0.717) is 50.5 Å². The fourth-order valence-corrected chi connectivity index (χ4v) is 1.90. The zero-order valence-corrected chi connectivity index (χ0v) is 13.1. The van der Waals surface area contributed by atoms with Crippen molar-refractivity contribution in [1.82, 2.24) is 0 Å². The van der Waals surface area contributed by atoms with E-state index in [2.05, 4.69) is 5.32 Å². The number of ether oxygens (including phenoxy) is 2. The van der Waals surface area contributed by atoms with Crippen LogP contribution in [-0.2, 0) is 14.3 Å². The van der Waals surface area contributed by atoms with E-state index in [-0.39, 0.29) is 10.9 Å². The lowest BCUT2D eigenvalue weighted by Crippen LogP contribution is -2.17. The molecule has 0 atom stereocenters. The van der Waals surface area contributed by atoms with Gasteiger partial charge >= 0.3 is 0 Å². The van der Waals surface area contributed by atoms with Gasteiger partial charge in [-0.1, -0.05) is 24.4 Å². The molecule has 0 fully saturated rings. The number of rotatable bonds is 10. The molecule has 0 aliphatic rings. The second kappa shape index (κ2) is 10.3. The first kappa shape index (κ1) is 17.6. The summed E-state index contributed by atoms with van der Waals surface area (Å²) in [7, 11) is 0. The molecule has 6 heteroatoms. The van der Waals surface area contributed by atoms with Gasteiger partial charge in [0, 0.05) is 25.2 Å². The summed E-state index contributed by atoms with van der Waals surface area (Å²) >= 11 is 4.95. The number of carbonyl (C=O) groups excluding carboxylic acids is 1. The van der Waals surface area contributed by atoms with Crippen LogP contribution < -0.4 is 11.1 Å². The average Bonchev–Trinajstić information content (AvgIpc) is 2.46. The van der Waals surface area contributed by atoms with Crippen LogP contribution in [0.2, 0.25) is 0 Å². The number of nitrogens with one attached hydrogen (secondary N) is 1. The van der Waals surface area contributed by atoms with Gasteiger partial charge in [-0.2, -0.15) is 0 Å². The molecule has 1 amide bonds. The minimum Gasteiger partial charge on any atom is -0.389 e. The van der Waals surface area contributed by atoms with Crippen molar-refractivity contribution < 1.29 is 14.3 Å². The Bertz CT molecular complexity index is 466. The first-order valence-electron chi connectivity index (χ1n) is 6.99. The predicted molar refractivity (Wildman–Crippen MR) is 87.5 cm³/mol. The molecular weight excluding hydrogens is 288 g/mol. The smallest absolute Gasteiger partial charge is 0.224 e. The lowest BCUT2D eigenvalue weighted by atomic mass is 10.1. The van der Waals surface area contributed by atoms with Gasteiger partial charge < -0.3 is 20.5 Å². The number of thiocarbonyl (C=S) groups is 1. The molecule has 21 heavy (non-hydrogen) atoms. The van der Waals surface area contributed by atoms with Crippen molar-refractivity contribution in [2.24, 2.45) is 5.73 Å². The maximum Gasteiger partial charge on any atom is 0.224 e. The summed E-state index contributed by atoms with van der Waals surface area (Å²) in [6.45, 7) is 4.31. The molecule has 5 nitrogen and oxygen atoms in total. The molecule has 0 aromatic heterocycles. The molecule has 1 aromatic rings. The molecule has 0 bridgehead atoms. The maximum atomic E-state index is 11.8. The van der Waals surface area contributed by atoms with Gasteiger partial charge in [-0.25, -0.2) is 0 Å². The van der Waals surface area contributed by atoms with E-state index >= 15 is 0 Å². The fourth-order valence-electron chi connectivity index (χ4n) is 1.72. The topological polar surface area (TPSA) is 73.6 Å². The predicted octanol–water partition coefficient (Wildman–Crippen LogP) is 2.09. The van der Waals surface area contributed by atoms with E-state index < -0.39 is 0 Å². The van der Waals surface area contributed by atoms with Gasteiger partial charge in [0.2, 0.25) is 5.91 Å². The molecule has 0 radical (unpaired) electrons. The first-order valence-corrected chi connectivity index (χ1v) is 7.40. The molecule has 0 saturated carbocycles. The van der Waals surface area contributed by atoms with E-state index in [4.69, 9.17) is 27.4 Å². The molecule has 3 N–H and O–H groups in total. The monoisotopic (exact) mass is 310 g/mol. The number of anilines is 1. The molecule has 0 heterocycles. The van der Waals surface area contributed by atoms with Crippen LogP contribution in [0.3, 0.4) is 0 Å². The third kappa shape index (κ3) is 7.17. The third-order valence-corrected chi connectivity index (χ3v) is 2.96. The summed E-state index contributed by atoms with van der Waals surface area (Å²) in [5, 5.41) is 2.82. The van der Waals surface area contributed by atoms with Gasteiger partial charge in [-0.3, -0.25) is 4.79 Å². The second-order valence-corrected chi connectivity index (χ2v) is 4.81. The number of hydrogen-bond donors (Lipinski definition) is 2. The Morgan fingerprint density at radius 2 is 1.95 bits per heavy atom. The van der Waals surface area contributed by atoms with Crippen LogP contribution in [0.25, 0.3) is 0 Å². The van der Waals surface area contributed by atoms with Crippen molar-refractivity contribution in [2.75, 3.05) is 31.7 Å². The summed E-state index contributed by atoms with van der Waals surface area (Å²) in [6, 6.07) is 7.23. The number of para-hydroxylation sites is 1. The molecule has 1 rings (SSSR count). The molecule has 0 spiro atoms. The first-order chi connectivity index (χ1) is 10.1. The van der Waals surface area contributed by atoms with Crippen molar-refractivity contribution in [2.45, 2.75) is 19.8 Å². The Morgan fingerprint density at radius 1 is 1.24 bits per heavy atom. The molecular formula is C15H22N2O3S. The minimum atomic E-state index is -0.0768. The molecule has 0 saturated heterocycles. The van der Waals surface area contributed by atoms with Crippen molar-refractivity contribution in [3.8, 4) is 0 Å². The normalized spacial score (nSPS) is 10.3. The summed E-state index contributed by atoms with van der Waals surface area (Å²) in [5.41, 5.74) is 6.94. The third-order valence-electron chi connectivity index (χ3n) is 2.74. The summed E-state index contributed by atoms with van der Waals surface area (Å²) in [6.07, 6.45) is 1.05. The van der Waals surface area contributed by atoms with Crippen LogP contribution in [0, 0.1) is 0 Å². The standard InChI is InChI=1S/C15H22N2O3S/c1-2-19-10-11-20-9-5-8-14(18)17-13-7-4-3-6-12(13)15(16)21/h3-4,6-7H,2,5,8-11H2,1H3,(H2,16,21)(H,17,18). The van der Waals surface area contributed by atoms with Crippen molar-refractivity contribution >= 4 is 28.8 Å². The highest BCUT2D eigenvalue weighted by molar-refractivity contribution is 7.80. The average molecular weight is 310 g/mol. The number of nitrogens with two attached hydrogens (primary N) is 1. The van der Waals surface area contributed by atoms with Gasteiger partial charge in [-0.15, -0.1) is 0 Å². The Labute approximate surface area is 130 Å². The highest BCUT2D eigenvalue weighted by atomic mass is 32.1. The van der Waals surface area contributed by atoms with Crippen LogP contribution in [0.15, 0.2) is 24.3 Å². The van der Waals surface area contributed by atoms with E-state index in [9.17, 15) is 4.79 Å². The second-order valence-electron chi connectivity index (χ2n) is 4.37. The number of hydrogen-bond acceptors (Lipinski definition) is 4. The number of benzene rings is 1. The summed E-state index contributed by atoms with van der Waals surface area (Å²) < 4.78 is 10.5. The maximum absolute atomic E-state index is 11.8. The van der Waals surface area contributed by atoms with Crippen molar-refractivity contribution in [3.63, 3.8) is 0 Å². The van der Waals surface area contributed by atoms with Gasteiger partial charge in [0.15, 0.2) is 0 Å².